The van der Waals surface area contributed by atoms with Crippen molar-refractivity contribution in [2.24, 2.45) is 5.92 Å². The molecular formula is C28H28FN5O3S2. The summed E-state index contributed by atoms with van der Waals surface area (Å²) in [5.41, 5.74) is 3.63. The van der Waals surface area contributed by atoms with E-state index in [4.69, 9.17) is 9.72 Å². The van der Waals surface area contributed by atoms with Gasteiger partial charge in [0.05, 0.1) is 26.6 Å². The molecule has 1 saturated heterocycles. The van der Waals surface area contributed by atoms with E-state index >= 15 is 0 Å². The van der Waals surface area contributed by atoms with Crippen LogP contribution in [-0.2, 0) is 0 Å². The number of rotatable bonds is 7. The number of nitrogens with zero attached hydrogens (tertiary/aromatic N) is 4. The first-order chi connectivity index (χ1) is 18.9. The molecule has 4 aromatic rings. The van der Waals surface area contributed by atoms with Gasteiger partial charge in [-0.3, -0.25) is 4.79 Å². The lowest BCUT2D eigenvalue weighted by Gasteiger charge is -2.35. The van der Waals surface area contributed by atoms with Crippen molar-refractivity contribution in [2.45, 2.75) is 38.3 Å². The van der Waals surface area contributed by atoms with Crippen LogP contribution in [0.2, 0.25) is 0 Å². The number of fused-ring (bicyclic) bond motifs is 3. The second-order valence-electron chi connectivity index (χ2n) is 9.93. The number of carbonyl (C=O) groups excluding carboxylic acids is 2. The maximum Gasteiger partial charge on any atom is 0.412 e. The Balaban J connectivity index is 1.23. The topological polar surface area (TPSA) is 87.7 Å². The van der Waals surface area contributed by atoms with Crippen molar-refractivity contribution >= 4 is 50.0 Å². The zero-order chi connectivity index (χ0) is 27.1. The van der Waals surface area contributed by atoms with E-state index in [1.165, 1.54) is 34.8 Å². The van der Waals surface area contributed by atoms with E-state index in [1.807, 2.05) is 29.8 Å². The van der Waals surface area contributed by atoms with E-state index in [2.05, 4.69) is 10.3 Å². The third-order valence-electron chi connectivity index (χ3n) is 7.68. The lowest BCUT2D eigenvalue weighted by Crippen LogP contribution is -2.50. The minimum absolute atomic E-state index is 0.103. The number of aromatic nitrogens is 2. The molecule has 1 N–H and O–H groups in total. The Hall–Kier alpha value is -3.57. The summed E-state index contributed by atoms with van der Waals surface area (Å²) in [7, 11) is 1.93. The van der Waals surface area contributed by atoms with Crippen molar-refractivity contribution in [3.63, 3.8) is 0 Å². The van der Waals surface area contributed by atoms with Gasteiger partial charge in [0, 0.05) is 26.2 Å². The van der Waals surface area contributed by atoms with Crippen LogP contribution in [0.5, 0.6) is 5.75 Å². The number of nitrogens with one attached hydrogen (secondary N) is 1. The molecule has 2 bridgehead atoms. The van der Waals surface area contributed by atoms with Crippen LogP contribution in [-0.4, -0.2) is 59.1 Å². The normalized spacial score (nSPS) is 20.0. The van der Waals surface area contributed by atoms with Crippen LogP contribution in [0.4, 0.5) is 14.3 Å². The second-order valence-corrected chi connectivity index (χ2v) is 11.8. The standard InChI is InChI=1S/C28H28FN5O3S2/c1-3-33(2)27-32-23(24(39-27)16-7-10-18(29)11-8-16)26(35)34-19-12-9-17(13-19)21(34)14-30-28(36)37-22-6-4-5-20-25(22)38-15-31-20/h4-8,10-11,15,17,19,21H,3,9,12-14H2,1-2H3,(H,30,36)/t17-,19+,21+/m1/s1. The van der Waals surface area contributed by atoms with Gasteiger partial charge >= 0.3 is 6.09 Å². The summed E-state index contributed by atoms with van der Waals surface area (Å²) in [5.74, 6) is 0.286. The van der Waals surface area contributed by atoms with E-state index in [0.29, 0.717) is 23.9 Å². The van der Waals surface area contributed by atoms with Crippen LogP contribution >= 0.6 is 22.7 Å². The molecule has 6 rings (SSSR count). The van der Waals surface area contributed by atoms with Crippen molar-refractivity contribution in [1.82, 2.24) is 20.2 Å². The number of hydrogen-bond acceptors (Lipinski definition) is 8. The summed E-state index contributed by atoms with van der Waals surface area (Å²) in [6.07, 6.45) is 2.30. The maximum atomic E-state index is 14.1. The van der Waals surface area contributed by atoms with Crippen molar-refractivity contribution in [2.75, 3.05) is 25.0 Å². The highest BCUT2D eigenvalue weighted by molar-refractivity contribution is 7.19. The van der Waals surface area contributed by atoms with Crippen molar-refractivity contribution < 1.29 is 18.7 Å². The number of benzene rings is 2. The Kier molecular flexibility index (Phi) is 6.94. The Morgan fingerprint density at radius 2 is 2.03 bits per heavy atom. The maximum absolute atomic E-state index is 14.1. The average Bonchev–Trinajstić information content (AvgIpc) is 3.75. The fourth-order valence-electron chi connectivity index (χ4n) is 5.61. The van der Waals surface area contributed by atoms with Gasteiger partial charge in [0.25, 0.3) is 5.91 Å². The van der Waals surface area contributed by atoms with Crippen molar-refractivity contribution in [3.05, 3.63) is 59.5 Å². The van der Waals surface area contributed by atoms with Crippen LogP contribution in [0.15, 0.2) is 48.0 Å². The average molecular weight is 566 g/mol. The predicted octanol–water partition coefficient (Wildman–Crippen LogP) is 5.80. The number of carbonyl (C=O) groups is 2. The van der Waals surface area contributed by atoms with Crippen LogP contribution in [0.3, 0.4) is 0 Å². The Morgan fingerprint density at radius 3 is 2.82 bits per heavy atom. The highest BCUT2D eigenvalue weighted by Crippen LogP contribution is 2.44. The molecule has 8 nitrogen and oxygen atoms in total. The van der Waals surface area contributed by atoms with Gasteiger partial charge in [0.2, 0.25) is 0 Å². The minimum Gasteiger partial charge on any atom is -0.409 e. The lowest BCUT2D eigenvalue weighted by molar-refractivity contribution is 0.0586. The second kappa shape index (κ2) is 10.5. The molecule has 39 heavy (non-hydrogen) atoms. The fourth-order valence-corrected chi connectivity index (χ4v) is 7.44. The number of hydrogen-bond donors (Lipinski definition) is 1. The monoisotopic (exact) mass is 565 g/mol. The third kappa shape index (κ3) is 4.85. The van der Waals surface area contributed by atoms with E-state index in [0.717, 1.165) is 51.6 Å². The van der Waals surface area contributed by atoms with Gasteiger partial charge in [-0.2, -0.15) is 0 Å². The molecule has 3 heterocycles. The van der Waals surface area contributed by atoms with Crippen LogP contribution in [0, 0.1) is 11.7 Å². The first-order valence-corrected chi connectivity index (χ1v) is 14.7. The molecule has 1 saturated carbocycles. The Morgan fingerprint density at radius 1 is 1.21 bits per heavy atom. The lowest BCUT2D eigenvalue weighted by atomic mass is 9.98. The fraction of sp³-hybridized carbons (Fsp3) is 0.357. The largest absolute Gasteiger partial charge is 0.412 e. The highest BCUT2D eigenvalue weighted by Gasteiger charge is 2.49. The van der Waals surface area contributed by atoms with Gasteiger partial charge < -0.3 is 19.9 Å². The number of amides is 2. The molecule has 2 aromatic heterocycles. The zero-order valence-electron chi connectivity index (χ0n) is 21.6. The summed E-state index contributed by atoms with van der Waals surface area (Å²) >= 11 is 2.85. The number of halogens is 1. The number of likely N-dealkylation sites (tertiary alicyclic amines) is 1. The van der Waals surface area contributed by atoms with Gasteiger partial charge in [-0.25, -0.2) is 19.2 Å². The van der Waals surface area contributed by atoms with Crippen molar-refractivity contribution in [1.29, 1.82) is 0 Å². The number of thiazole rings is 2. The van der Waals surface area contributed by atoms with E-state index in [9.17, 15) is 14.0 Å². The van der Waals surface area contributed by atoms with E-state index in [1.54, 1.807) is 29.8 Å². The first-order valence-electron chi connectivity index (χ1n) is 13.0. The number of anilines is 1. The van der Waals surface area contributed by atoms with Crippen LogP contribution in [0.1, 0.15) is 36.7 Å². The molecular weight excluding hydrogens is 537 g/mol. The molecule has 0 spiro atoms. The van der Waals surface area contributed by atoms with Crippen LogP contribution in [0.25, 0.3) is 20.7 Å². The van der Waals surface area contributed by atoms with Gasteiger partial charge in [-0.05, 0) is 61.9 Å². The van der Waals surface area contributed by atoms with E-state index in [-0.39, 0.29) is 23.8 Å². The molecule has 0 unspecified atom stereocenters. The quantitative estimate of drug-likeness (QED) is 0.305. The summed E-state index contributed by atoms with van der Waals surface area (Å²) in [4.78, 5) is 40.5. The molecule has 0 radical (unpaired) electrons. The molecule has 2 fully saturated rings. The molecule has 2 aromatic carbocycles. The van der Waals surface area contributed by atoms with Gasteiger partial charge in [-0.15, -0.1) is 11.3 Å². The molecule has 2 amide bonds. The molecule has 2 aliphatic rings. The summed E-state index contributed by atoms with van der Waals surface area (Å²) in [6, 6.07) is 11.5. The van der Waals surface area contributed by atoms with Crippen molar-refractivity contribution in [3.8, 4) is 16.2 Å². The SMILES string of the molecule is CCN(C)c1nc(C(=O)N2[C@H]3CC[C@H](C3)[C@@H]2CNC(=O)Oc2cccc3ncsc23)c(-c2ccc(F)cc2)s1. The molecule has 1 aliphatic heterocycles. The molecule has 202 valence electrons. The smallest absolute Gasteiger partial charge is 0.409 e. The summed E-state index contributed by atoms with van der Waals surface area (Å²) in [5, 5.41) is 3.63. The molecule has 11 heteroatoms. The number of ether oxygens (including phenoxy) is 1. The molecule has 3 atom stereocenters. The summed E-state index contributed by atoms with van der Waals surface area (Å²) in [6.45, 7) is 3.06. The minimum atomic E-state index is -0.557. The van der Waals surface area contributed by atoms with Gasteiger partial charge in [0.1, 0.15) is 11.5 Å². The van der Waals surface area contributed by atoms with E-state index < -0.39 is 6.09 Å². The van der Waals surface area contributed by atoms with Gasteiger partial charge in [0.15, 0.2) is 10.9 Å². The third-order valence-corrected chi connectivity index (χ3v) is 9.75. The Bertz CT molecular complexity index is 1520. The predicted molar refractivity (Wildman–Crippen MR) is 151 cm³/mol. The first kappa shape index (κ1) is 25.7. The summed E-state index contributed by atoms with van der Waals surface area (Å²) < 4.78 is 20.1. The zero-order valence-corrected chi connectivity index (χ0v) is 23.2. The highest BCUT2D eigenvalue weighted by atomic mass is 32.1. The molecule has 1 aliphatic carbocycles. The Labute approximate surface area is 233 Å². The van der Waals surface area contributed by atoms with Crippen LogP contribution < -0.4 is 15.0 Å². The number of piperidine rings is 1. The van der Waals surface area contributed by atoms with Gasteiger partial charge in [-0.1, -0.05) is 29.5 Å².